The Labute approximate surface area is 232 Å². The Morgan fingerprint density at radius 1 is 0.667 bits per heavy atom. The molecule has 0 amide bonds. The summed E-state index contributed by atoms with van der Waals surface area (Å²) < 4.78 is 195. The molecular weight excluding hydrogens is 650 g/mol. The highest BCUT2D eigenvalue weighted by Gasteiger charge is 2.90. The Kier molecular flexibility index (Phi) is 15.6. The zero-order chi connectivity index (χ0) is 33.0. The van der Waals surface area contributed by atoms with Gasteiger partial charge in [-0.05, 0) is 12.8 Å². The van der Waals surface area contributed by atoms with Crippen LogP contribution in [0.2, 0.25) is 0 Å². The normalized spacial score (nSPS) is 14.5. The van der Waals surface area contributed by atoms with Crippen LogP contribution in [0.3, 0.4) is 0 Å². The molecular formula is C20H24F14O7S. The minimum absolute atomic E-state index is 0.108. The molecule has 0 saturated heterocycles. The summed E-state index contributed by atoms with van der Waals surface area (Å²) >= 11 is -0.108. The number of esters is 2. The lowest BCUT2D eigenvalue weighted by Gasteiger charge is -2.39. The van der Waals surface area contributed by atoms with Crippen LogP contribution < -0.4 is 0 Å². The van der Waals surface area contributed by atoms with E-state index in [0.29, 0.717) is 38.5 Å². The van der Waals surface area contributed by atoms with Gasteiger partial charge in [0, 0.05) is 0 Å². The van der Waals surface area contributed by atoms with Crippen molar-refractivity contribution in [1.29, 1.82) is 0 Å². The fourth-order valence-corrected chi connectivity index (χ4v) is 3.33. The van der Waals surface area contributed by atoms with Crippen LogP contribution in [-0.4, -0.2) is 78.1 Å². The largest absolute Gasteiger partial charge is 0.465 e. The minimum Gasteiger partial charge on any atom is -0.465 e. The molecule has 0 aromatic heterocycles. The third kappa shape index (κ3) is 10.1. The van der Waals surface area contributed by atoms with Gasteiger partial charge in [0.25, 0.3) is 0 Å². The summed E-state index contributed by atoms with van der Waals surface area (Å²) in [4.78, 5) is 23.9. The number of ether oxygens (including phenoxy) is 2. The van der Waals surface area contributed by atoms with E-state index in [1.54, 1.807) is 0 Å². The second kappa shape index (κ2) is 16.3. The quantitative estimate of drug-likeness (QED) is 0.0338. The predicted octanol–water partition coefficient (Wildman–Crippen LogP) is 7.34. The predicted molar refractivity (Wildman–Crippen MR) is 112 cm³/mol. The van der Waals surface area contributed by atoms with Crippen LogP contribution >= 0.6 is 12.0 Å². The van der Waals surface area contributed by atoms with Crippen LogP contribution in [0.1, 0.15) is 51.4 Å². The first-order chi connectivity index (χ1) is 19.0. The summed E-state index contributed by atoms with van der Waals surface area (Å²) in [7, 11) is 0. The molecule has 0 aliphatic rings. The van der Waals surface area contributed by atoms with Crippen molar-refractivity contribution in [3.05, 3.63) is 0 Å². The van der Waals surface area contributed by atoms with Crippen molar-refractivity contribution >= 4 is 24.0 Å². The van der Waals surface area contributed by atoms with Gasteiger partial charge in [0.05, 0.1) is 44.8 Å². The molecule has 1 unspecified atom stereocenters. The maximum atomic E-state index is 13.8. The van der Waals surface area contributed by atoms with Gasteiger partial charge >= 0.3 is 47.7 Å². The number of carbonyl (C=O) groups is 2. The Bertz CT molecular complexity index is 842. The topological polar surface area (TPSA) is 91.3 Å². The fraction of sp³-hybridized carbons (Fsp3) is 0.900. The van der Waals surface area contributed by atoms with Crippen molar-refractivity contribution in [3.8, 4) is 0 Å². The van der Waals surface area contributed by atoms with Gasteiger partial charge in [-0.2, -0.15) is 57.1 Å². The summed E-state index contributed by atoms with van der Waals surface area (Å²) in [5.74, 6) is -40.9. The third-order valence-corrected chi connectivity index (χ3v) is 5.98. The first-order valence-electron chi connectivity index (χ1n) is 11.5. The average molecular weight is 674 g/mol. The van der Waals surface area contributed by atoms with Gasteiger partial charge in [-0.25, -0.2) is 5.26 Å². The Hall–Kier alpha value is -1.81. The molecule has 1 N–H and O–H groups in total. The number of rotatable bonds is 21. The van der Waals surface area contributed by atoms with E-state index in [-0.39, 0.29) is 18.6 Å². The Balaban J connectivity index is 5.18. The van der Waals surface area contributed by atoms with E-state index >= 15 is 0 Å². The van der Waals surface area contributed by atoms with Crippen LogP contribution in [0.15, 0.2) is 0 Å². The van der Waals surface area contributed by atoms with Gasteiger partial charge in [-0.3, -0.25) is 14.0 Å². The average Bonchev–Trinajstić information content (AvgIpc) is 2.86. The molecule has 0 aliphatic carbocycles. The summed E-state index contributed by atoms with van der Waals surface area (Å²) in [6, 6.07) is 0. The Morgan fingerprint density at radius 2 is 1.17 bits per heavy atom. The second-order valence-electron chi connectivity index (χ2n) is 8.38. The Morgan fingerprint density at radius 3 is 1.67 bits per heavy atom. The van der Waals surface area contributed by atoms with Gasteiger partial charge in [0.2, 0.25) is 0 Å². The molecule has 42 heavy (non-hydrogen) atoms. The fourth-order valence-electron chi connectivity index (χ4n) is 2.85. The second-order valence-corrected chi connectivity index (χ2v) is 9.28. The van der Waals surface area contributed by atoms with Crippen molar-refractivity contribution in [1.82, 2.24) is 0 Å². The molecule has 0 aromatic carbocycles. The molecule has 0 spiro atoms. The molecule has 0 aliphatic heterocycles. The van der Waals surface area contributed by atoms with Crippen molar-refractivity contribution in [2.45, 2.75) is 92.4 Å². The van der Waals surface area contributed by atoms with Gasteiger partial charge in [0.15, 0.2) is 0 Å². The van der Waals surface area contributed by atoms with Crippen molar-refractivity contribution in [3.63, 3.8) is 0 Å². The summed E-state index contributed by atoms with van der Waals surface area (Å²) in [6.45, 7) is -2.72. The lowest BCUT2D eigenvalue weighted by Crippen LogP contribution is -2.70. The molecule has 0 radical (unpaired) electrons. The van der Waals surface area contributed by atoms with Gasteiger partial charge in [-0.1, -0.05) is 30.7 Å². The van der Waals surface area contributed by atoms with E-state index in [1.807, 2.05) is 0 Å². The lowest BCUT2D eigenvalue weighted by atomic mass is 9.93. The molecule has 0 fully saturated rings. The van der Waals surface area contributed by atoms with Crippen molar-refractivity contribution in [2.24, 2.45) is 0 Å². The SMILES string of the molecule is O=C(CC(SOOO)C(=O)OCCCCCCCCF)OCCC(F)(F)C(F)(F)C(F)(F)C(F)(F)C(F)(F)C(F)(F)F. The molecule has 0 bridgehead atoms. The molecule has 250 valence electrons. The zero-order valence-corrected chi connectivity index (χ0v) is 21.8. The number of hydrogen-bond donors (Lipinski definition) is 1. The minimum atomic E-state index is -8.06. The number of unbranched alkanes of at least 4 members (excludes halogenated alkanes) is 5. The maximum Gasteiger partial charge on any atom is 0.460 e. The van der Waals surface area contributed by atoms with E-state index in [9.17, 15) is 71.1 Å². The van der Waals surface area contributed by atoms with Crippen LogP contribution in [0.25, 0.3) is 0 Å². The molecule has 0 rings (SSSR count). The first-order valence-corrected chi connectivity index (χ1v) is 12.3. The maximum absolute atomic E-state index is 13.8. The molecule has 1 atom stereocenters. The standard InChI is InChI=1S/C20H24F14O7S/c21-8-5-3-1-2-4-6-9-39-14(36)12(42-41-40-37)11-13(35)38-10-7-15(22,23)16(24,25)17(26,27)18(28,29)19(30,31)20(32,33)34/h12,37H,1-11H2. The van der Waals surface area contributed by atoms with E-state index in [1.165, 1.54) is 0 Å². The smallest absolute Gasteiger partial charge is 0.460 e. The monoisotopic (exact) mass is 674 g/mol. The van der Waals surface area contributed by atoms with E-state index < -0.39 is 79.1 Å². The molecule has 0 aromatic rings. The summed E-state index contributed by atoms with van der Waals surface area (Å²) in [5.41, 5.74) is 0. The van der Waals surface area contributed by atoms with Crippen LogP contribution in [0, 0.1) is 0 Å². The third-order valence-electron chi connectivity index (χ3n) is 5.25. The highest BCUT2D eigenvalue weighted by Crippen LogP contribution is 2.60. The number of halogens is 14. The highest BCUT2D eigenvalue weighted by atomic mass is 32.2. The molecule has 7 nitrogen and oxygen atoms in total. The van der Waals surface area contributed by atoms with E-state index in [4.69, 9.17) is 9.99 Å². The zero-order valence-electron chi connectivity index (χ0n) is 21.0. The number of alkyl halides is 14. The van der Waals surface area contributed by atoms with E-state index in [2.05, 4.69) is 14.1 Å². The van der Waals surface area contributed by atoms with Gasteiger partial charge in [0.1, 0.15) is 5.25 Å². The number of carbonyl (C=O) groups excluding carboxylic acids is 2. The first kappa shape index (κ1) is 40.2. The van der Waals surface area contributed by atoms with Gasteiger partial charge in [-0.15, -0.1) is 4.33 Å². The lowest BCUT2D eigenvalue weighted by molar-refractivity contribution is -0.440. The number of hydrogen-bond acceptors (Lipinski definition) is 8. The highest BCUT2D eigenvalue weighted by molar-refractivity contribution is 7.95. The van der Waals surface area contributed by atoms with Crippen LogP contribution in [-0.2, 0) is 28.4 Å². The van der Waals surface area contributed by atoms with Crippen molar-refractivity contribution in [2.75, 3.05) is 19.9 Å². The summed E-state index contributed by atoms with van der Waals surface area (Å²) in [6.07, 6.45) is -8.35. The molecule has 0 saturated carbocycles. The summed E-state index contributed by atoms with van der Waals surface area (Å²) in [5, 5.41) is 9.59. The van der Waals surface area contributed by atoms with E-state index in [0.717, 1.165) is 0 Å². The van der Waals surface area contributed by atoms with Crippen LogP contribution in [0.4, 0.5) is 61.5 Å². The molecule has 22 heteroatoms. The van der Waals surface area contributed by atoms with Crippen LogP contribution in [0.5, 0.6) is 0 Å². The van der Waals surface area contributed by atoms with Crippen molar-refractivity contribution < 1.29 is 95.2 Å². The van der Waals surface area contributed by atoms with Gasteiger partial charge < -0.3 is 9.47 Å². The molecule has 0 heterocycles.